The fourth-order valence-electron chi connectivity index (χ4n) is 2.38. The minimum atomic E-state index is -0.300. The first-order valence-corrected chi connectivity index (χ1v) is 7.28. The van der Waals surface area contributed by atoms with Crippen LogP contribution in [0.15, 0.2) is 48.5 Å². The Morgan fingerprint density at radius 3 is 2.32 bits per heavy atom. The third-order valence-electron chi connectivity index (χ3n) is 3.55. The lowest BCUT2D eigenvalue weighted by atomic mass is 10.2. The highest BCUT2D eigenvalue weighted by Gasteiger charge is 2.21. The van der Waals surface area contributed by atoms with Crippen molar-refractivity contribution >= 4 is 11.6 Å². The zero-order valence-corrected chi connectivity index (χ0v) is 12.0. The minimum absolute atomic E-state index is 0.00953. The van der Waals surface area contributed by atoms with Gasteiger partial charge < -0.3 is 15.4 Å². The fourth-order valence-corrected chi connectivity index (χ4v) is 2.38. The zero-order chi connectivity index (χ0) is 15.4. The van der Waals surface area contributed by atoms with Gasteiger partial charge in [0, 0.05) is 5.69 Å². The number of rotatable bonds is 4. The Bertz CT molecular complexity index is 635. The minimum Gasteiger partial charge on any atom is -0.457 e. The van der Waals surface area contributed by atoms with Crippen molar-refractivity contribution in [1.82, 2.24) is 5.32 Å². The van der Waals surface area contributed by atoms with Gasteiger partial charge in [-0.05, 0) is 67.9 Å². The summed E-state index contributed by atoms with van der Waals surface area (Å²) in [5.41, 5.74) is 0.727. The van der Waals surface area contributed by atoms with E-state index in [1.807, 2.05) is 0 Å². The number of hydrogen-bond acceptors (Lipinski definition) is 3. The summed E-state index contributed by atoms with van der Waals surface area (Å²) in [4.78, 5) is 12.0. The van der Waals surface area contributed by atoms with E-state index < -0.39 is 0 Å². The van der Waals surface area contributed by atoms with Crippen LogP contribution in [0.2, 0.25) is 0 Å². The van der Waals surface area contributed by atoms with Gasteiger partial charge in [-0.1, -0.05) is 0 Å². The molecule has 4 nitrogen and oxygen atoms in total. The molecule has 3 rings (SSSR count). The molecule has 1 aliphatic heterocycles. The van der Waals surface area contributed by atoms with Gasteiger partial charge in [0.1, 0.15) is 17.3 Å². The summed E-state index contributed by atoms with van der Waals surface area (Å²) in [6.07, 6.45) is 1.90. The van der Waals surface area contributed by atoms with Gasteiger partial charge in [-0.25, -0.2) is 4.39 Å². The predicted octanol–water partition coefficient (Wildman–Crippen LogP) is 3.31. The van der Waals surface area contributed by atoms with E-state index in [0.29, 0.717) is 11.5 Å². The molecule has 5 heteroatoms. The first-order valence-electron chi connectivity index (χ1n) is 7.28. The van der Waals surface area contributed by atoms with Crippen LogP contribution in [0.4, 0.5) is 10.1 Å². The molecule has 0 spiro atoms. The van der Waals surface area contributed by atoms with Crippen LogP contribution in [-0.2, 0) is 4.79 Å². The molecule has 0 bridgehead atoms. The molecule has 0 aliphatic carbocycles. The maximum absolute atomic E-state index is 12.8. The summed E-state index contributed by atoms with van der Waals surface area (Å²) in [6, 6.07) is 12.8. The molecule has 2 N–H and O–H groups in total. The van der Waals surface area contributed by atoms with Crippen LogP contribution in [0.3, 0.4) is 0 Å². The zero-order valence-electron chi connectivity index (χ0n) is 12.0. The molecule has 0 saturated carbocycles. The number of amides is 1. The summed E-state index contributed by atoms with van der Waals surface area (Å²) >= 11 is 0. The lowest BCUT2D eigenvalue weighted by Gasteiger charge is -2.11. The molecular weight excluding hydrogens is 283 g/mol. The molecule has 1 saturated heterocycles. The van der Waals surface area contributed by atoms with Crippen molar-refractivity contribution in [3.05, 3.63) is 54.3 Å². The van der Waals surface area contributed by atoms with Gasteiger partial charge in [0.25, 0.3) is 0 Å². The van der Waals surface area contributed by atoms with Crippen LogP contribution in [0.1, 0.15) is 12.8 Å². The number of nitrogens with one attached hydrogen (secondary N) is 2. The maximum atomic E-state index is 12.8. The molecular formula is C17H17FN2O2. The molecule has 0 radical (unpaired) electrons. The normalized spacial score (nSPS) is 17.2. The van der Waals surface area contributed by atoms with Crippen molar-refractivity contribution < 1.29 is 13.9 Å². The molecule has 0 aromatic heterocycles. The Balaban J connectivity index is 1.60. The highest BCUT2D eigenvalue weighted by Crippen LogP contribution is 2.23. The van der Waals surface area contributed by atoms with Crippen LogP contribution in [0, 0.1) is 5.82 Å². The SMILES string of the molecule is O=C(Nc1ccc(Oc2ccc(F)cc2)cc1)[C@@H]1CCCN1. The van der Waals surface area contributed by atoms with Crippen LogP contribution < -0.4 is 15.4 Å². The van der Waals surface area contributed by atoms with E-state index in [1.165, 1.54) is 12.1 Å². The Morgan fingerprint density at radius 2 is 1.73 bits per heavy atom. The van der Waals surface area contributed by atoms with Gasteiger partial charge in [-0.3, -0.25) is 4.79 Å². The van der Waals surface area contributed by atoms with Gasteiger partial charge in [0.2, 0.25) is 5.91 Å². The maximum Gasteiger partial charge on any atom is 0.241 e. The predicted molar refractivity (Wildman–Crippen MR) is 82.6 cm³/mol. The van der Waals surface area contributed by atoms with E-state index in [2.05, 4.69) is 10.6 Å². The second-order valence-electron chi connectivity index (χ2n) is 5.22. The van der Waals surface area contributed by atoms with E-state index in [9.17, 15) is 9.18 Å². The summed E-state index contributed by atoms with van der Waals surface area (Å²) in [5, 5.41) is 6.03. The Kier molecular flexibility index (Phi) is 4.34. The van der Waals surface area contributed by atoms with Crippen molar-refractivity contribution in [2.75, 3.05) is 11.9 Å². The monoisotopic (exact) mass is 300 g/mol. The van der Waals surface area contributed by atoms with Crippen molar-refractivity contribution in [2.24, 2.45) is 0 Å². The van der Waals surface area contributed by atoms with Crippen LogP contribution >= 0.6 is 0 Å². The quantitative estimate of drug-likeness (QED) is 0.911. The van der Waals surface area contributed by atoms with E-state index in [0.717, 1.165) is 25.1 Å². The standard InChI is InChI=1S/C17H17FN2O2/c18-12-3-7-14(8-4-12)22-15-9-5-13(6-10-15)20-17(21)16-2-1-11-19-16/h3-10,16,19H,1-2,11H2,(H,20,21)/t16-/m0/s1. The average molecular weight is 300 g/mol. The highest BCUT2D eigenvalue weighted by molar-refractivity contribution is 5.95. The smallest absolute Gasteiger partial charge is 0.241 e. The first kappa shape index (κ1) is 14.5. The second kappa shape index (κ2) is 6.58. The summed E-state index contributed by atoms with van der Waals surface area (Å²) in [5.74, 6) is 0.882. The van der Waals surface area contributed by atoms with Gasteiger partial charge in [0.05, 0.1) is 6.04 Å². The lowest BCUT2D eigenvalue weighted by molar-refractivity contribution is -0.117. The first-order chi connectivity index (χ1) is 10.7. The van der Waals surface area contributed by atoms with Crippen molar-refractivity contribution in [1.29, 1.82) is 0 Å². The van der Waals surface area contributed by atoms with Crippen LogP contribution in [-0.4, -0.2) is 18.5 Å². The molecule has 1 aliphatic rings. The van der Waals surface area contributed by atoms with Crippen molar-refractivity contribution in [2.45, 2.75) is 18.9 Å². The van der Waals surface area contributed by atoms with Gasteiger partial charge in [0.15, 0.2) is 0 Å². The summed E-state index contributed by atoms with van der Waals surface area (Å²) in [7, 11) is 0. The van der Waals surface area contributed by atoms with Gasteiger partial charge >= 0.3 is 0 Å². The van der Waals surface area contributed by atoms with Crippen molar-refractivity contribution in [3.63, 3.8) is 0 Å². The van der Waals surface area contributed by atoms with E-state index in [-0.39, 0.29) is 17.8 Å². The summed E-state index contributed by atoms with van der Waals surface area (Å²) in [6.45, 7) is 0.891. The van der Waals surface area contributed by atoms with Crippen LogP contribution in [0.5, 0.6) is 11.5 Å². The number of ether oxygens (including phenoxy) is 1. The average Bonchev–Trinajstić information content (AvgIpc) is 3.06. The third-order valence-corrected chi connectivity index (χ3v) is 3.55. The molecule has 114 valence electrons. The van der Waals surface area contributed by atoms with Crippen molar-refractivity contribution in [3.8, 4) is 11.5 Å². The Hall–Kier alpha value is -2.40. The Labute approximate surface area is 128 Å². The molecule has 22 heavy (non-hydrogen) atoms. The van der Waals surface area contributed by atoms with Crippen LogP contribution in [0.25, 0.3) is 0 Å². The topological polar surface area (TPSA) is 50.4 Å². The molecule has 2 aromatic rings. The lowest BCUT2D eigenvalue weighted by Crippen LogP contribution is -2.35. The molecule has 1 atom stereocenters. The van der Waals surface area contributed by atoms with E-state index in [1.54, 1.807) is 36.4 Å². The number of anilines is 1. The number of halogens is 1. The second-order valence-corrected chi connectivity index (χ2v) is 5.22. The Morgan fingerprint density at radius 1 is 1.09 bits per heavy atom. The van der Waals surface area contributed by atoms with Gasteiger partial charge in [-0.15, -0.1) is 0 Å². The molecule has 1 heterocycles. The fraction of sp³-hybridized carbons (Fsp3) is 0.235. The largest absolute Gasteiger partial charge is 0.457 e. The van der Waals surface area contributed by atoms with E-state index >= 15 is 0 Å². The van der Waals surface area contributed by atoms with E-state index in [4.69, 9.17) is 4.74 Å². The number of carbonyl (C=O) groups excluding carboxylic acids is 1. The molecule has 1 amide bonds. The third kappa shape index (κ3) is 3.62. The number of hydrogen-bond donors (Lipinski definition) is 2. The number of carbonyl (C=O) groups is 1. The van der Waals surface area contributed by atoms with Gasteiger partial charge in [-0.2, -0.15) is 0 Å². The molecule has 2 aromatic carbocycles. The highest BCUT2D eigenvalue weighted by atomic mass is 19.1. The molecule has 1 fully saturated rings. The summed E-state index contributed by atoms with van der Waals surface area (Å²) < 4.78 is 18.4. The molecule has 0 unspecified atom stereocenters. The number of benzene rings is 2.